The molecule has 0 unspecified atom stereocenters. The van der Waals surface area contributed by atoms with Gasteiger partial charge in [-0.1, -0.05) is 104 Å². The normalized spacial score (nSPS) is 10.4. The fourth-order valence-corrected chi connectivity index (χ4v) is 3.41. The Morgan fingerprint density at radius 1 is 0.500 bits per heavy atom. The van der Waals surface area contributed by atoms with Crippen LogP contribution < -0.4 is 10.6 Å². The summed E-state index contributed by atoms with van der Waals surface area (Å²) in [5.74, 6) is 0.139. The third-order valence-electron chi connectivity index (χ3n) is 5.38. The quantitative estimate of drug-likeness (QED) is 0.166. The molecule has 0 saturated heterocycles. The lowest BCUT2D eigenvalue weighted by atomic mass is 10.1. The molecule has 0 bridgehead atoms. The number of hydrogen-bond donors (Lipinski definition) is 4. The van der Waals surface area contributed by atoms with Crippen molar-refractivity contribution in [2.45, 2.75) is 129 Å². The molecule has 192 valence electrons. The van der Waals surface area contributed by atoms with Crippen molar-refractivity contribution in [3.05, 3.63) is 0 Å². The third-order valence-corrected chi connectivity index (χ3v) is 5.38. The fraction of sp³-hybridized carbons (Fsp3) is 0.923. The van der Waals surface area contributed by atoms with Crippen molar-refractivity contribution < 1.29 is 19.8 Å². The molecule has 0 fully saturated rings. The zero-order chi connectivity index (χ0) is 24.1. The molecule has 2 amide bonds. The number of nitrogens with one attached hydrogen (secondary N) is 2. The molecule has 0 aliphatic carbocycles. The van der Waals surface area contributed by atoms with Crippen molar-refractivity contribution in [2.75, 3.05) is 26.3 Å². The van der Waals surface area contributed by atoms with Gasteiger partial charge in [-0.2, -0.15) is 0 Å². The Bertz CT molecular complexity index is 392. The highest BCUT2D eigenvalue weighted by Crippen LogP contribution is 2.10. The highest BCUT2D eigenvalue weighted by Gasteiger charge is 2.00. The molecular weight excluding hydrogens is 404 g/mol. The number of rotatable bonds is 22. The van der Waals surface area contributed by atoms with E-state index in [4.69, 9.17) is 10.2 Å². The molecule has 0 saturated carbocycles. The van der Waals surface area contributed by atoms with E-state index in [1.165, 1.54) is 77.0 Å². The van der Waals surface area contributed by atoms with E-state index in [0.29, 0.717) is 25.9 Å². The zero-order valence-corrected chi connectivity index (χ0v) is 21.3. The summed E-state index contributed by atoms with van der Waals surface area (Å²) in [5, 5.41) is 22.3. The van der Waals surface area contributed by atoms with Gasteiger partial charge in [-0.3, -0.25) is 9.59 Å². The summed E-state index contributed by atoms with van der Waals surface area (Å²) in [5.41, 5.74) is 0. The van der Waals surface area contributed by atoms with Gasteiger partial charge in [0.25, 0.3) is 0 Å². The van der Waals surface area contributed by atoms with Crippen LogP contribution in [0.3, 0.4) is 0 Å². The van der Waals surface area contributed by atoms with Gasteiger partial charge < -0.3 is 20.8 Å². The lowest BCUT2D eigenvalue weighted by Crippen LogP contribution is -2.25. The predicted molar refractivity (Wildman–Crippen MR) is 135 cm³/mol. The Morgan fingerprint density at radius 3 is 1.06 bits per heavy atom. The predicted octanol–water partition coefficient (Wildman–Crippen LogP) is 5.25. The summed E-state index contributed by atoms with van der Waals surface area (Å²) < 4.78 is 0. The van der Waals surface area contributed by atoms with Crippen LogP contribution in [0.4, 0.5) is 0 Å². The first-order chi connectivity index (χ1) is 15.6. The largest absolute Gasteiger partial charge is 0.395 e. The number of aliphatic hydroxyl groups excluding tert-OH is 2. The molecule has 32 heavy (non-hydrogen) atoms. The van der Waals surface area contributed by atoms with E-state index in [-0.39, 0.29) is 25.0 Å². The molecule has 0 aromatic heterocycles. The van der Waals surface area contributed by atoms with E-state index in [0.717, 1.165) is 25.7 Å². The minimum Gasteiger partial charge on any atom is -0.395 e. The average Bonchev–Trinajstić information content (AvgIpc) is 2.80. The molecule has 6 nitrogen and oxygen atoms in total. The number of aliphatic hydroxyl groups is 2. The Morgan fingerprint density at radius 2 is 0.781 bits per heavy atom. The molecule has 0 heterocycles. The molecule has 0 aromatic rings. The Balaban J connectivity index is 0. The van der Waals surface area contributed by atoms with Gasteiger partial charge in [0.05, 0.1) is 13.2 Å². The maximum atomic E-state index is 11.2. The average molecular weight is 459 g/mol. The molecule has 6 heteroatoms. The van der Waals surface area contributed by atoms with Crippen LogP contribution in [0.5, 0.6) is 0 Å². The van der Waals surface area contributed by atoms with Crippen molar-refractivity contribution >= 4 is 11.8 Å². The van der Waals surface area contributed by atoms with Crippen LogP contribution >= 0.6 is 0 Å². The SMILES string of the molecule is CCCCCCCCCC(=O)NCCO.CCCCCCCCCCCC(=O)NCCO. The van der Waals surface area contributed by atoms with Crippen molar-refractivity contribution in [1.29, 1.82) is 0 Å². The highest BCUT2D eigenvalue weighted by atomic mass is 16.3. The number of amides is 2. The number of carbonyl (C=O) groups excluding carboxylic acids is 2. The zero-order valence-electron chi connectivity index (χ0n) is 21.3. The second-order valence-electron chi connectivity index (χ2n) is 8.60. The van der Waals surface area contributed by atoms with Crippen LogP contribution in [-0.2, 0) is 9.59 Å². The van der Waals surface area contributed by atoms with E-state index in [1.807, 2.05) is 0 Å². The number of unbranched alkanes of at least 4 members (excludes halogenated alkanes) is 14. The van der Waals surface area contributed by atoms with E-state index in [9.17, 15) is 9.59 Å². The van der Waals surface area contributed by atoms with E-state index >= 15 is 0 Å². The maximum Gasteiger partial charge on any atom is 0.220 e. The summed E-state index contributed by atoms with van der Waals surface area (Å²) in [6, 6.07) is 0. The van der Waals surface area contributed by atoms with Gasteiger partial charge in [-0.15, -0.1) is 0 Å². The number of hydrogen-bond acceptors (Lipinski definition) is 4. The van der Waals surface area contributed by atoms with Crippen molar-refractivity contribution in [2.24, 2.45) is 0 Å². The first kappa shape index (κ1) is 33.0. The van der Waals surface area contributed by atoms with Crippen LogP contribution in [0, 0.1) is 0 Å². The summed E-state index contributed by atoms with van der Waals surface area (Å²) >= 11 is 0. The lowest BCUT2D eigenvalue weighted by molar-refractivity contribution is -0.122. The number of carbonyl (C=O) groups is 2. The van der Waals surface area contributed by atoms with Crippen LogP contribution in [0.1, 0.15) is 129 Å². The van der Waals surface area contributed by atoms with Crippen molar-refractivity contribution in [3.63, 3.8) is 0 Å². The van der Waals surface area contributed by atoms with Gasteiger partial charge in [-0.05, 0) is 12.8 Å². The molecule has 0 aromatic carbocycles. The molecular formula is C26H54N2O4. The van der Waals surface area contributed by atoms with E-state index in [1.54, 1.807) is 0 Å². The summed E-state index contributed by atoms with van der Waals surface area (Å²) in [6.45, 7) is 5.28. The standard InChI is InChI=1S/C14H29NO2.C12H25NO2/c1-2-3-4-5-6-7-8-9-10-11-14(17)15-12-13-16;1-2-3-4-5-6-7-8-9-12(15)13-10-11-14/h16H,2-13H2,1H3,(H,15,17);14H,2-11H2,1H3,(H,13,15). The second kappa shape index (κ2) is 29.9. The fourth-order valence-electron chi connectivity index (χ4n) is 3.41. The van der Waals surface area contributed by atoms with E-state index in [2.05, 4.69) is 24.5 Å². The third kappa shape index (κ3) is 31.0. The van der Waals surface area contributed by atoms with Crippen molar-refractivity contribution in [1.82, 2.24) is 10.6 Å². The summed E-state index contributed by atoms with van der Waals surface area (Å²) in [6.07, 6.45) is 21.3. The Kier molecular flexibility index (Phi) is 30.8. The summed E-state index contributed by atoms with van der Waals surface area (Å²) in [4.78, 5) is 22.3. The molecule has 0 rings (SSSR count). The smallest absolute Gasteiger partial charge is 0.220 e. The molecule has 0 radical (unpaired) electrons. The molecule has 0 aliphatic heterocycles. The first-order valence-corrected chi connectivity index (χ1v) is 13.4. The van der Waals surface area contributed by atoms with Gasteiger partial charge >= 0.3 is 0 Å². The van der Waals surface area contributed by atoms with Crippen molar-refractivity contribution in [3.8, 4) is 0 Å². The molecule has 4 N–H and O–H groups in total. The van der Waals surface area contributed by atoms with Crippen LogP contribution in [0.15, 0.2) is 0 Å². The first-order valence-electron chi connectivity index (χ1n) is 13.4. The minimum absolute atomic E-state index is 0.0305. The minimum atomic E-state index is 0.0305. The lowest BCUT2D eigenvalue weighted by Gasteiger charge is -2.03. The van der Waals surface area contributed by atoms with Gasteiger partial charge in [0.1, 0.15) is 0 Å². The maximum absolute atomic E-state index is 11.2. The van der Waals surface area contributed by atoms with Crippen LogP contribution in [0.25, 0.3) is 0 Å². The van der Waals surface area contributed by atoms with Gasteiger partial charge in [0.2, 0.25) is 11.8 Å². The van der Waals surface area contributed by atoms with Crippen LogP contribution in [0.2, 0.25) is 0 Å². The van der Waals surface area contributed by atoms with Gasteiger partial charge in [-0.25, -0.2) is 0 Å². The monoisotopic (exact) mass is 458 g/mol. The molecule has 0 atom stereocenters. The highest BCUT2D eigenvalue weighted by molar-refractivity contribution is 5.76. The molecule has 0 spiro atoms. The topological polar surface area (TPSA) is 98.7 Å². The van der Waals surface area contributed by atoms with E-state index < -0.39 is 0 Å². The van der Waals surface area contributed by atoms with Crippen LogP contribution in [-0.4, -0.2) is 48.3 Å². The summed E-state index contributed by atoms with van der Waals surface area (Å²) in [7, 11) is 0. The van der Waals surface area contributed by atoms with Gasteiger partial charge in [0, 0.05) is 25.9 Å². The van der Waals surface area contributed by atoms with Gasteiger partial charge in [0.15, 0.2) is 0 Å². The second-order valence-corrected chi connectivity index (χ2v) is 8.60. The molecule has 0 aliphatic rings. The Labute approximate surface area is 198 Å². The Hall–Kier alpha value is -1.14.